The third-order valence-corrected chi connectivity index (χ3v) is 3.81. The average molecular weight is 279 g/mol. The molecule has 1 amide bonds. The molecular formula is C15H22FN3O. The summed E-state index contributed by atoms with van der Waals surface area (Å²) in [5, 5.41) is 6.11. The predicted octanol–water partition coefficient (Wildman–Crippen LogP) is 1.76. The van der Waals surface area contributed by atoms with E-state index in [-0.39, 0.29) is 11.7 Å². The molecule has 0 unspecified atom stereocenters. The van der Waals surface area contributed by atoms with Crippen LogP contribution in [0.25, 0.3) is 0 Å². The first-order valence-corrected chi connectivity index (χ1v) is 7.07. The van der Waals surface area contributed by atoms with Crippen LogP contribution in [0, 0.1) is 12.7 Å². The molecule has 5 heteroatoms. The summed E-state index contributed by atoms with van der Waals surface area (Å²) in [6, 6.07) is 5.18. The molecule has 1 saturated heterocycles. The van der Waals surface area contributed by atoms with Crippen LogP contribution >= 0.6 is 0 Å². The Morgan fingerprint density at radius 1 is 1.55 bits per heavy atom. The van der Waals surface area contributed by atoms with Gasteiger partial charge in [0.1, 0.15) is 5.82 Å². The summed E-state index contributed by atoms with van der Waals surface area (Å²) in [4.78, 5) is 14.2. The number of rotatable bonds is 4. The zero-order valence-electron chi connectivity index (χ0n) is 12.1. The minimum atomic E-state index is -0.293. The van der Waals surface area contributed by atoms with E-state index in [1.165, 1.54) is 6.07 Å². The largest absolute Gasteiger partial charge is 0.326 e. The Hall–Kier alpha value is -1.46. The summed E-state index contributed by atoms with van der Waals surface area (Å²) in [7, 11) is 0. The van der Waals surface area contributed by atoms with Crippen molar-refractivity contribution in [2.45, 2.75) is 26.3 Å². The summed E-state index contributed by atoms with van der Waals surface area (Å²) in [6.45, 7) is 7.46. The first-order chi connectivity index (χ1) is 9.58. The van der Waals surface area contributed by atoms with Crippen LogP contribution in [0.4, 0.5) is 10.1 Å². The van der Waals surface area contributed by atoms with Crippen LogP contribution in [0.5, 0.6) is 0 Å². The number of hydrogen-bond donors (Lipinski definition) is 2. The number of carbonyl (C=O) groups is 1. The summed E-state index contributed by atoms with van der Waals surface area (Å²) < 4.78 is 13.4. The maximum Gasteiger partial charge on any atom is 0.225 e. The number of nitrogens with one attached hydrogen (secondary N) is 2. The van der Waals surface area contributed by atoms with Crippen molar-refractivity contribution >= 4 is 11.6 Å². The van der Waals surface area contributed by atoms with Crippen LogP contribution in [-0.4, -0.2) is 43.0 Å². The minimum absolute atomic E-state index is 0.0653. The smallest absolute Gasteiger partial charge is 0.225 e. The van der Waals surface area contributed by atoms with Crippen molar-refractivity contribution in [1.82, 2.24) is 10.2 Å². The van der Waals surface area contributed by atoms with Gasteiger partial charge >= 0.3 is 0 Å². The summed E-state index contributed by atoms with van der Waals surface area (Å²) >= 11 is 0. The number of nitrogens with zero attached hydrogens (tertiary/aromatic N) is 1. The van der Waals surface area contributed by atoms with Gasteiger partial charge in [-0.1, -0.05) is 6.07 Å². The lowest BCUT2D eigenvalue weighted by Crippen LogP contribution is -2.50. The third kappa shape index (κ3) is 3.77. The zero-order chi connectivity index (χ0) is 14.5. The van der Waals surface area contributed by atoms with Crippen molar-refractivity contribution in [3.05, 3.63) is 29.6 Å². The molecule has 4 nitrogen and oxygen atoms in total. The second-order valence-electron chi connectivity index (χ2n) is 5.30. The molecular weight excluding hydrogens is 257 g/mol. The Morgan fingerprint density at radius 2 is 2.35 bits per heavy atom. The quantitative estimate of drug-likeness (QED) is 0.882. The molecule has 1 aliphatic heterocycles. The molecule has 1 atom stereocenters. The van der Waals surface area contributed by atoms with E-state index in [2.05, 4.69) is 22.5 Å². The highest BCUT2D eigenvalue weighted by molar-refractivity contribution is 5.91. The van der Waals surface area contributed by atoms with Crippen molar-refractivity contribution in [3.63, 3.8) is 0 Å². The molecule has 0 radical (unpaired) electrons. The third-order valence-electron chi connectivity index (χ3n) is 3.81. The van der Waals surface area contributed by atoms with Gasteiger partial charge in [0.15, 0.2) is 0 Å². The van der Waals surface area contributed by atoms with E-state index in [1.54, 1.807) is 19.1 Å². The van der Waals surface area contributed by atoms with E-state index in [9.17, 15) is 9.18 Å². The maximum atomic E-state index is 13.4. The van der Waals surface area contributed by atoms with Crippen molar-refractivity contribution in [2.75, 3.05) is 31.5 Å². The van der Waals surface area contributed by atoms with Gasteiger partial charge < -0.3 is 10.6 Å². The average Bonchev–Trinajstić information content (AvgIpc) is 2.43. The summed E-state index contributed by atoms with van der Waals surface area (Å²) in [5.74, 6) is -0.358. The van der Waals surface area contributed by atoms with Crippen LogP contribution in [0.3, 0.4) is 0 Å². The first kappa shape index (κ1) is 14.9. The Labute approximate surface area is 119 Å². The van der Waals surface area contributed by atoms with Gasteiger partial charge in [-0.2, -0.15) is 0 Å². The predicted molar refractivity (Wildman–Crippen MR) is 78.3 cm³/mol. The normalized spacial score (nSPS) is 19.9. The van der Waals surface area contributed by atoms with E-state index in [1.807, 2.05) is 0 Å². The summed E-state index contributed by atoms with van der Waals surface area (Å²) in [6.07, 6.45) is 0.431. The molecule has 20 heavy (non-hydrogen) atoms. The molecule has 0 aliphatic carbocycles. The number of anilines is 1. The van der Waals surface area contributed by atoms with Gasteiger partial charge in [0.25, 0.3) is 0 Å². The number of halogens is 1. The number of benzene rings is 1. The standard InChI is InChI=1S/C15H22FN3O/c1-11-10-17-7-9-19(11)8-6-15(20)18-14-5-3-4-13(16)12(14)2/h3-5,11,17H,6-10H2,1-2H3,(H,18,20)/t11-/m0/s1. The van der Waals surface area contributed by atoms with Crippen molar-refractivity contribution in [3.8, 4) is 0 Å². The molecule has 0 bridgehead atoms. The van der Waals surface area contributed by atoms with Crippen LogP contribution in [-0.2, 0) is 4.79 Å². The Balaban J connectivity index is 1.85. The fraction of sp³-hybridized carbons (Fsp3) is 0.533. The SMILES string of the molecule is Cc1c(F)cccc1NC(=O)CCN1CCNC[C@@H]1C. The van der Waals surface area contributed by atoms with Crippen molar-refractivity contribution < 1.29 is 9.18 Å². The van der Waals surface area contributed by atoms with E-state index < -0.39 is 0 Å². The lowest BCUT2D eigenvalue weighted by Gasteiger charge is -2.33. The van der Waals surface area contributed by atoms with Crippen LogP contribution in [0.1, 0.15) is 18.9 Å². The van der Waals surface area contributed by atoms with Crippen LogP contribution in [0.2, 0.25) is 0 Å². The van der Waals surface area contributed by atoms with Gasteiger partial charge in [-0.05, 0) is 26.0 Å². The topological polar surface area (TPSA) is 44.4 Å². The fourth-order valence-corrected chi connectivity index (χ4v) is 2.42. The monoisotopic (exact) mass is 279 g/mol. The number of hydrogen-bond acceptors (Lipinski definition) is 3. The molecule has 1 heterocycles. The maximum absolute atomic E-state index is 13.4. The van der Waals surface area contributed by atoms with Gasteiger partial charge in [0, 0.05) is 49.9 Å². The lowest BCUT2D eigenvalue weighted by molar-refractivity contribution is -0.116. The molecule has 0 spiro atoms. The Kier molecular flexibility index (Phi) is 5.09. The van der Waals surface area contributed by atoms with Gasteiger partial charge in [-0.3, -0.25) is 9.69 Å². The number of carbonyl (C=O) groups excluding carboxylic acids is 1. The molecule has 0 saturated carbocycles. The summed E-state index contributed by atoms with van der Waals surface area (Å²) in [5.41, 5.74) is 1.04. The zero-order valence-corrected chi connectivity index (χ0v) is 12.1. The second-order valence-corrected chi connectivity index (χ2v) is 5.30. The second kappa shape index (κ2) is 6.81. The Bertz CT molecular complexity index is 478. The van der Waals surface area contributed by atoms with E-state index in [0.29, 0.717) is 23.7 Å². The molecule has 1 aromatic carbocycles. The molecule has 0 aromatic heterocycles. The van der Waals surface area contributed by atoms with Gasteiger partial charge in [-0.25, -0.2) is 4.39 Å². The number of amides is 1. The molecule has 2 rings (SSSR count). The molecule has 110 valence electrons. The van der Waals surface area contributed by atoms with E-state index in [4.69, 9.17) is 0 Å². The highest BCUT2D eigenvalue weighted by atomic mass is 19.1. The highest BCUT2D eigenvalue weighted by Crippen LogP contribution is 2.17. The van der Waals surface area contributed by atoms with E-state index >= 15 is 0 Å². The van der Waals surface area contributed by atoms with Gasteiger partial charge in [0.2, 0.25) is 5.91 Å². The van der Waals surface area contributed by atoms with Gasteiger partial charge in [0.05, 0.1) is 0 Å². The first-order valence-electron chi connectivity index (χ1n) is 7.07. The van der Waals surface area contributed by atoms with Crippen LogP contribution < -0.4 is 10.6 Å². The highest BCUT2D eigenvalue weighted by Gasteiger charge is 2.18. The number of piperazine rings is 1. The van der Waals surface area contributed by atoms with Crippen molar-refractivity contribution in [1.29, 1.82) is 0 Å². The van der Waals surface area contributed by atoms with Crippen molar-refractivity contribution in [2.24, 2.45) is 0 Å². The van der Waals surface area contributed by atoms with E-state index in [0.717, 1.165) is 26.2 Å². The molecule has 1 aromatic rings. The molecule has 1 aliphatic rings. The van der Waals surface area contributed by atoms with Crippen LogP contribution in [0.15, 0.2) is 18.2 Å². The fourth-order valence-electron chi connectivity index (χ4n) is 2.42. The minimum Gasteiger partial charge on any atom is -0.326 e. The Morgan fingerprint density at radius 3 is 3.10 bits per heavy atom. The lowest BCUT2D eigenvalue weighted by atomic mass is 10.1. The molecule has 2 N–H and O–H groups in total. The molecule has 1 fully saturated rings. The van der Waals surface area contributed by atoms with Gasteiger partial charge in [-0.15, -0.1) is 0 Å².